The zero-order valence-corrected chi connectivity index (χ0v) is 10.8. The molecule has 0 bridgehead atoms. The topological polar surface area (TPSA) is 47.7 Å². The van der Waals surface area contributed by atoms with Crippen LogP contribution in [-0.4, -0.2) is 19.3 Å². The van der Waals surface area contributed by atoms with Gasteiger partial charge in [0.05, 0.1) is 11.4 Å². The van der Waals surface area contributed by atoms with Crippen LogP contribution in [0.15, 0.2) is 18.6 Å². The maximum Gasteiger partial charge on any atom is 0.207 e. The molecule has 0 spiro atoms. The summed E-state index contributed by atoms with van der Waals surface area (Å²) in [5.41, 5.74) is 2.09. The van der Waals surface area contributed by atoms with Crippen molar-refractivity contribution in [1.82, 2.24) is 19.3 Å². The normalized spacial score (nSPS) is 11.1. The first-order valence-corrected chi connectivity index (χ1v) is 5.94. The Balaban J connectivity index is 2.28. The van der Waals surface area contributed by atoms with Gasteiger partial charge in [0.25, 0.3) is 0 Å². The molecule has 0 atom stereocenters. The van der Waals surface area contributed by atoms with Crippen LogP contribution in [0.5, 0.6) is 0 Å². The smallest absolute Gasteiger partial charge is 0.207 e. The fourth-order valence-electron chi connectivity index (χ4n) is 1.85. The minimum Gasteiger partial charge on any atom is -0.323 e. The summed E-state index contributed by atoms with van der Waals surface area (Å²) in [7, 11) is 1.93. The second-order valence-electron chi connectivity index (χ2n) is 4.39. The van der Waals surface area contributed by atoms with E-state index in [9.17, 15) is 0 Å². The average molecular weight is 233 g/mol. The number of imidazole rings is 1. The summed E-state index contributed by atoms with van der Waals surface area (Å²) in [5, 5.41) is 7.74. The predicted molar refractivity (Wildman–Crippen MR) is 68.5 cm³/mol. The van der Waals surface area contributed by atoms with Gasteiger partial charge in [-0.15, -0.1) is 0 Å². The molecule has 0 aliphatic heterocycles. The molecule has 0 saturated carbocycles. The third-order valence-corrected chi connectivity index (χ3v) is 2.71. The molecule has 0 fully saturated rings. The fraction of sp³-hybridized carbons (Fsp3) is 0.500. The van der Waals surface area contributed by atoms with Gasteiger partial charge in [0, 0.05) is 31.7 Å². The van der Waals surface area contributed by atoms with E-state index < -0.39 is 0 Å². The minimum atomic E-state index is 0.391. The van der Waals surface area contributed by atoms with Crippen LogP contribution in [0.3, 0.4) is 0 Å². The molecule has 0 aliphatic rings. The van der Waals surface area contributed by atoms with Gasteiger partial charge in [-0.05, 0) is 20.3 Å². The number of rotatable bonds is 4. The van der Waals surface area contributed by atoms with Crippen molar-refractivity contribution in [1.29, 1.82) is 0 Å². The number of anilines is 2. The first-order valence-electron chi connectivity index (χ1n) is 5.94. The molecule has 17 heavy (non-hydrogen) atoms. The van der Waals surface area contributed by atoms with Gasteiger partial charge in [0.15, 0.2) is 0 Å². The number of hydrogen-bond donors (Lipinski definition) is 1. The van der Waals surface area contributed by atoms with Crippen molar-refractivity contribution in [3.8, 4) is 0 Å². The van der Waals surface area contributed by atoms with Crippen LogP contribution in [0.25, 0.3) is 0 Å². The molecular weight excluding hydrogens is 214 g/mol. The highest BCUT2D eigenvalue weighted by Crippen LogP contribution is 2.21. The van der Waals surface area contributed by atoms with E-state index in [2.05, 4.69) is 40.7 Å². The zero-order valence-electron chi connectivity index (χ0n) is 10.8. The molecule has 5 heteroatoms. The van der Waals surface area contributed by atoms with E-state index in [-0.39, 0.29) is 0 Å². The molecule has 2 rings (SSSR count). The first-order chi connectivity index (χ1) is 8.11. The predicted octanol–water partition coefficient (Wildman–Crippen LogP) is 2.50. The lowest BCUT2D eigenvalue weighted by Crippen LogP contribution is -2.05. The quantitative estimate of drug-likeness (QED) is 0.882. The van der Waals surface area contributed by atoms with Crippen molar-refractivity contribution < 1.29 is 0 Å². The molecule has 5 nitrogen and oxygen atoms in total. The third kappa shape index (κ3) is 2.33. The van der Waals surface area contributed by atoms with Crippen molar-refractivity contribution in [2.45, 2.75) is 33.2 Å². The van der Waals surface area contributed by atoms with Gasteiger partial charge in [-0.2, -0.15) is 5.10 Å². The molecule has 2 aromatic rings. The van der Waals surface area contributed by atoms with Crippen molar-refractivity contribution >= 4 is 11.6 Å². The second-order valence-corrected chi connectivity index (χ2v) is 4.39. The molecule has 0 amide bonds. The van der Waals surface area contributed by atoms with Gasteiger partial charge in [-0.3, -0.25) is 4.68 Å². The van der Waals surface area contributed by atoms with Crippen LogP contribution < -0.4 is 5.32 Å². The van der Waals surface area contributed by atoms with Crippen molar-refractivity contribution in [2.24, 2.45) is 7.05 Å². The molecule has 0 aliphatic carbocycles. The van der Waals surface area contributed by atoms with E-state index >= 15 is 0 Å². The number of nitrogens with one attached hydrogen (secondary N) is 1. The standard InChI is InChI=1S/C12H19N5/c1-5-10-11(8-16(4)15-10)14-12-13-6-7-17(12)9(2)3/h6-9H,5H2,1-4H3,(H,13,14). The summed E-state index contributed by atoms with van der Waals surface area (Å²) < 4.78 is 3.93. The Morgan fingerprint density at radius 1 is 1.41 bits per heavy atom. The fourth-order valence-corrected chi connectivity index (χ4v) is 1.85. The molecule has 2 heterocycles. The average Bonchev–Trinajstić information content (AvgIpc) is 2.85. The lowest BCUT2D eigenvalue weighted by Gasteiger charge is -2.12. The summed E-state index contributed by atoms with van der Waals surface area (Å²) in [6.07, 6.45) is 6.68. The van der Waals surface area contributed by atoms with E-state index in [1.807, 2.05) is 30.3 Å². The second kappa shape index (κ2) is 4.61. The molecule has 0 unspecified atom stereocenters. The van der Waals surface area contributed by atoms with Gasteiger partial charge >= 0.3 is 0 Å². The van der Waals surface area contributed by atoms with Gasteiger partial charge in [-0.1, -0.05) is 6.92 Å². The highest BCUT2D eigenvalue weighted by atomic mass is 15.3. The summed E-state index contributed by atoms with van der Waals surface area (Å²) in [5.74, 6) is 0.864. The SMILES string of the molecule is CCc1nn(C)cc1Nc1nccn1C(C)C. The monoisotopic (exact) mass is 233 g/mol. The minimum absolute atomic E-state index is 0.391. The Bertz CT molecular complexity index is 495. The van der Waals surface area contributed by atoms with E-state index in [1.54, 1.807) is 0 Å². The number of aryl methyl sites for hydroxylation is 2. The van der Waals surface area contributed by atoms with Crippen LogP contribution in [0.1, 0.15) is 32.5 Å². The van der Waals surface area contributed by atoms with Gasteiger partial charge in [0.2, 0.25) is 5.95 Å². The lowest BCUT2D eigenvalue weighted by atomic mass is 10.3. The van der Waals surface area contributed by atoms with Crippen LogP contribution in [0, 0.1) is 0 Å². The van der Waals surface area contributed by atoms with Crippen LogP contribution in [-0.2, 0) is 13.5 Å². The molecular formula is C12H19N5. The highest BCUT2D eigenvalue weighted by molar-refractivity contribution is 5.55. The summed E-state index contributed by atoms with van der Waals surface area (Å²) >= 11 is 0. The van der Waals surface area contributed by atoms with Gasteiger partial charge in [0.1, 0.15) is 0 Å². The zero-order chi connectivity index (χ0) is 12.4. The van der Waals surface area contributed by atoms with Gasteiger partial charge in [-0.25, -0.2) is 4.98 Å². The number of hydrogen-bond acceptors (Lipinski definition) is 3. The summed E-state index contributed by atoms with van der Waals surface area (Å²) in [6.45, 7) is 6.37. The van der Waals surface area contributed by atoms with E-state index in [0.717, 1.165) is 23.8 Å². The Labute approximate surface area is 101 Å². The van der Waals surface area contributed by atoms with Crippen molar-refractivity contribution in [2.75, 3.05) is 5.32 Å². The molecule has 0 radical (unpaired) electrons. The Hall–Kier alpha value is -1.78. The Kier molecular flexibility index (Phi) is 3.17. The third-order valence-electron chi connectivity index (χ3n) is 2.71. The molecule has 2 aromatic heterocycles. The summed E-state index contributed by atoms with van der Waals surface area (Å²) in [4.78, 5) is 4.33. The number of aromatic nitrogens is 4. The maximum absolute atomic E-state index is 4.40. The van der Waals surface area contributed by atoms with Crippen molar-refractivity contribution in [3.05, 3.63) is 24.3 Å². The highest BCUT2D eigenvalue weighted by Gasteiger charge is 2.10. The summed E-state index contributed by atoms with van der Waals surface area (Å²) in [6, 6.07) is 0.391. The van der Waals surface area contributed by atoms with E-state index in [1.165, 1.54) is 0 Å². The molecule has 1 N–H and O–H groups in total. The van der Waals surface area contributed by atoms with Crippen LogP contribution in [0.2, 0.25) is 0 Å². The molecule has 92 valence electrons. The lowest BCUT2D eigenvalue weighted by molar-refractivity contribution is 0.608. The van der Waals surface area contributed by atoms with Crippen molar-refractivity contribution in [3.63, 3.8) is 0 Å². The van der Waals surface area contributed by atoms with Crippen LogP contribution in [0.4, 0.5) is 11.6 Å². The maximum atomic E-state index is 4.40. The van der Waals surface area contributed by atoms with E-state index in [0.29, 0.717) is 6.04 Å². The molecule has 0 aromatic carbocycles. The number of nitrogens with zero attached hydrogens (tertiary/aromatic N) is 4. The Morgan fingerprint density at radius 2 is 2.18 bits per heavy atom. The Morgan fingerprint density at radius 3 is 2.82 bits per heavy atom. The largest absolute Gasteiger partial charge is 0.323 e. The van der Waals surface area contributed by atoms with Crippen LogP contribution >= 0.6 is 0 Å². The first kappa shape index (κ1) is 11.7. The van der Waals surface area contributed by atoms with E-state index in [4.69, 9.17) is 0 Å². The molecule has 0 saturated heterocycles. The van der Waals surface area contributed by atoms with Gasteiger partial charge < -0.3 is 9.88 Å².